The van der Waals surface area contributed by atoms with Crippen molar-refractivity contribution in [2.24, 2.45) is 11.1 Å². The highest BCUT2D eigenvalue weighted by molar-refractivity contribution is 4.90. The monoisotopic (exact) mass is 179 g/mol. The van der Waals surface area contributed by atoms with E-state index in [0.717, 1.165) is 0 Å². The molecule has 2 atom stereocenters. The third-order valence-corrected chi connectivity index (χ3v) is 2.17. The standard InChI is InChI=1S/C7H17NO4/c1-5(12)6(8)7(2-9,3-10)4-11/h5-6,9-12H,2-4,8H2,1H3. The van der Waals surface area contributed by atoms with Crippen molar-refractivity contribution in [3.63, 3.8) is 0 Å². The van der Waals surface area contributed by atoms with Crippen molar-refractivity contribution in [1.29, 1.82) is 0 Å². The fraction of sp³-hybridized carbons (Fsp3) is 1.00. The van der Waals surface area contributed by atoms with E-state index < -0.39 is 37.4 Å². The van der Waals surface area contributed by atoms with E-state index in [9.17, 15) is 0 Å². The quantitative estimate of drug-likeness (QED) is 0.325. The van der Waals surface area contributed by atoms with Crippen LogP contribution in [-0.2, 0) is 0 Å². The van der Waals surface area contributed by atoms with Crippen molar-refractivity contribution in [2.45, 2.75) is 19.1 Å². The molecule has 0 aromatic heterocycles. The van der Waals surface area contributed by atoms with E-state index in [4.69, 9.17) is 26.2 Å². The van der Waals surface area contributed by atoms with Crippen LogP contribution in [0.3, 0.4) is 0 Å². The first-order valence-electron chi connectivity index (χ1n) is 3.80. The molecule has 0 heterocycles. The van der Waals surface area contributed by atoms with Crippen LogP contribution in [0.1, 0.15) is 6.92 Å². The first kappa shape index (κ1) is 11.8. The van der Waals surface area contributed by atoms with Crippen LogP contribution >= 0.6 is 0 Å². The number of aliphatic hydroxyl groups excluding tert-OH is 4. The van der Waals surface area contributed by atoms with Crippen molar-refractivity contribution < 1.29 is 20.4 Å². The molecule has 0 bridgehead atoms. The summed E-state index contributed by atoms with van der Waals surface area (Å²) in [4.78, 5) is 0. The average molecular weight is 179 g/mol. The van der Waals surface area contributed by atoms with Gasteiger partial charge in [0.2, 0.25) is 0 Å². The van der Waals surface area contributed by atoms with Gasteiger partial charge in [0.05, 0.1) is 31.3 Å². The van der Waals surface area contributed by atoms with Crippen LogP contribution in [0.15, 0.2) is 0 Å². The normalized spacial score (nSPS) is 17.5. The molecule has 0 aliphatic carbocycles. The van der Waals surface area contributed by atoms with E-state index in [2.05, 4.69) is 0 Å². The molecule has 12 heavy (non-hydrogen) atoms. The minimum Gasteiger partial charge on any atom is -0.396 e. The van der Waals surface area contributed by atoms with Gasteiger partial charge in [0, 0.05) is 6.04 Å². The summed E-state index contributed by atoms with van der Waals surface area (Å²) in [5.74, 6) is 0. The van der Waals surface area contributed by atoms with Gasteiger partial charge in [-0.1, -0.05) is 0 Å². The Hall–Kier alpha value is -0.200. The average Bonchev–Trinajstić information content (AvgIpc) is 2.08. The van der Waals surface area contributed by atoms with E-state index >= 15 is 0 Å². The molecule has 0 radical (unpaired) electrons. The molecular formula is C7H17NO4. The molecule has 0 amide bonds. The smallest absolute Gasteiger partial charge is 0.0671 e. The highest BCUT2D eigenvalue weighted by atomic mass is 16.3. The number of hydrogen-bond donors (Lipinski definition) is 5. The SMILES string of the molecule is CC(O)C(N)C(CO)(CO)CO. The molecule has 0 spiro atoms. The molecule has 6 N–H and O–H groups in total. The maximum Gasteiger partial charge on any atom is 0.0671 e. The first-order chi connectivity index (χ1) is 5.54. The topological polar surface area (TPSA) is 107 Å². The van der Waals surface area contributed by atoms with E-state index in [1.54, 1.807) is 0 Å². The van der Waals surface area contributed by atoms with Gasteiger partial charge in [-0.15, -0.1) is 0 Å². The summed E-state index contributed by atoms with van der Waals surface area (Å²) >= 11 is 0. The number of rotatable bonds is 5. The van der Waals surface area contributed by atoms with Crippen LogP contribution < -0.4 is 5.73 Å². The molecule has 2 unspecified atom stereocenters. The van der Waals surface area contributed by atoms with E-state index in [-0.39, 0.29) is 0 Å². The number of aliphatic hydroxyl groups is 4. The third-order valence-electron chi connectivity index (χ3n) is 2.17. The second-order valence-corrected chi connectivity index (χ2v) is 3.10. The van der Waals surface area contributed by atoms with Crippen molar-refractivity contribution >= 4 is 0 Å². The molecule has 0 fully saturated rings. The third kappa shape index (κ3) is 2.15. The van der Waals surface area contributed by atoms with Gasteiger partial charge >= 0.3 is 0 Å². The summed E-state index contributed by atoms with van der Waals surface area (Å²) < 4.78 is 0. The van der Waals surface area contributed by atoms with Gasteiger partial charge in [0.25, 0.3) is 0 Å². The van der Waals surface area contributed by atoms with Crippen LogP contribution in [0.4, 0.5) is 0 Å². The van der Waals surface area contributed by atoms with E-state index in [1.165, 1.54) is 6.92 Å². The van der Waals surface area contributed by atoms with Gasteiger partial charge in [0.1, 0.15) is 0 Å². The Morgan fingerprint density at radius 1 is 1.17 bits per heavy atom. The molecule has 0 aromatic carbocycles. The molecular weight excluding hydrogens is 162 g/mol. The van der Waals surface area contributed by atoms with Crippen LogP contribution in [0.5, 0.6) is 0 Å². The summed E-state index contributed by atoms with van der Waals surface area (Å²) in [7, 11) is 0. The largest absolute Gasteiger partial charge is 0.396 e. The van der Waals surface area contributed by atoms with Gasteiger partial charge in [-0.25, -0.2) is 0 Å². The lowest BCUT2D eigenvalue weighted by Crippen LogP contribution is -2.55. The summed E-state index contributed by atoms with van der Waals surface area (Å²) in [5.41, 5.74) is 4.30. The lowest BCUT2D eigenvalue weighted by molar-refractivity contribution is -0.0432. The van der Waals surface area contributed by atoms with Gasteiger partial charge in [-0.3, -0.25) is 0 Å². The van der Waals surface area contributed by atoms with E-state index in [1.807, 2.05) is 0 Å². The Morgan fingerprint density at radius 3 is 1.58 bits per heavy atom. The zero-order valence-electron chi connectivity index (χ0n) is 7.14. The minimum absolute atomic E-state index is 0.452. The van der Waals surface area contributed by atoms with Crippen LogP contribution in [-0.4, -0.2) is 52.4 Å². The molecule has 0 aliphatic rings. The second kappa shape index (κ2) is 4.74. The van der Waals surface area contributed by atoms with Gasteiger partial charge in [-0.2, -0.15) is 0 Å². The minimum atomic E-state index is -1.20. The Morgan fingerprint density at radius 2 is 1.50 bits per heavy atom. The first-order valence-corrected chi connectivity index (χ1v) is 3.80. The van der Waals surface area contributed by atoms with Gasteiger partial charge in [0.15, 0.2) is 0 Å². The predicted molar refractivity (Wildman–Crippen MR) is 43.3 cm³/mol. The predicted octanol–water partition coefficient (Wildman–Crippen LogP) is -2.34. The lowest BCUT2D eigenvalue weighted by atomic mass is 9.80. The van der Waals surface area contributed by atoms with Crippen molar-refractivity contribution in [3.8, 4) is 0 Å². The summed E-state index contributed by atoms with van der Waals surface area (Å²) in [6.07, 6.45) is -0.878. The number of hydrogen-bond acceptors (Lipinski definition) is 5. The molecule has 5 heteroatoms. The molecule has 5 nitrogen and oxygen atoms in total. The van der Waals surface area contributed by atoms with Crippen LogP contribution in [0.25, 0.3) is 0 Å². The zero-order valence-corrected chi connectivity index (χ0v) is 7.14. The molecule has 0 saturated heterocycles. The highest BCUT2D eigenvalue weighted by Crippen LogP contribution is 2.20. The number of nitrogens with two attached hydrogens (primary N) is 1. The van der Waals surface area contributed by atoms with Gasteiger partial charge in [-0.05, 0) is 6.92 Å². The maximum atomic E-state index is 9.09. The summed E-state index contributed by atoms with van der Waals surface area (Å²) in [6, 6.07) is -0.836. The molecule has 0 saturated carbocycles. The van der Waals surface area contributed by atoms with Crippen molar-refractivity contribution in [3.05, 3.63) is 0 Å². The van der Waals surface area contributed by atoms with Crippen molar-refractivity contribution in [2.75, 3.05) is 19.8 Å². The Kier molecular flexibility index (Phi) is 4.66. The Balaban J connectivity index is 4.46. The summed E-state index contributed by atoms with van der Waals surface area (Å²) in [6.45, 7) is 0.0879. The maximum absolute atomic E-state index is 9.09. The Labute approximate surface area is 71.4 Å². The molecule has 0 aromatic rings. The molecule has 74 valence electrons. The zero-order chi connectivity index (χ0) is 9.78. The molecule has 0 rings (SSSR count). The van der Waals surface area contributed by atoms with Crippen molar-refractivity contribution in [1.82, 2.24) is 0 Å². The second-order valence-electron chi connectivity index (χ2n) is 3.10. The van der Waals surface area contributed by atoms with Crippen LogP contribution in [0, 0.1) is 5.41 Å². The molecule has 0 aliphatic heterocycles. The summed E-state index contributed by atoms with van der Waals surface area (Å²) in [5, 5.41) is 35.7. The Bertz CT molecular complexity index is 116. The van der Waals surface area contributed by atoms with E-state index in [0.29, 0.717) is 0 Å². The fourth-order valence-electron chi connectivity index (χ4n) is 0.978. The lowest BCUT2D eigenvalue weighted by Gasteiger charge is -2.35. The highest BCUT2D eigenvalue weighted by Gasteiger charge is 2.37. The fourth-order valence-corrected chi connectivity index (χ4v) is 0.978. The van der Waals surface area contributed by atoms with Gasteiger partial charge < -0.3 is 26.2 Å². The van der Waals surface area contributed by atoms with Crippen LogP contribution in [0.2, 0.25) is 0 Å².